The first kappa shape index (κ1) is 21.3. The zero-order valence-electron chi connectivity index (χ0n) is 17.2. The van der Waals surface area contributed by atoms with Gasteiger partial charge in [0.25, 0.3) is 5.91 Å². The maximum atomic E-state index is 13.7. The van der Waals surface area contributed by atoms with E-state index in [1.165, 1.54) is 12.1 Å². The van der Waals surface area contributed by atoms with Crippen molar-refractivity contribution in [3.63, 3.8) is 0 Å². The number of rotatable bonds is 8. The molecular formula is C23H27ClFN3O. The van der Waals surface area contributed by atoms with Gasteiger partial charge in [0.1, 0.15) is 11.6 Å². The molecule has 1 amide bonds. The Hall–Kier alpha value is -2.40. The summed E-state index contributed by atoms with van der Waals surface area (Å²) in [4.78, 5) is 19.7. The fourth-order valence-corrected chi connectivity index (χ4v) is 3.55. The van der Waals surface area contributed by atoms with Crippen LogP contribution in [0, 0.1) is 11.7 Å². The van der Waals surface area contributed by atoms with E-state index in [-0.39, 0.29) is 5.91 Å². The van der Waals surface area contributed by atoms with E-state index in [1.54, 1.807) is 17.0 Å². The molecule has 6 heteroatoms. The monoisotopic (exact) mass is 415 g/mol. The lowest BCUT2D eigenvalue weighted by atomic mass is 10.1. The van der Waals surface area contributed by atoms with Crippen molar-refractivity contribution >= 4 is 28.5 Å². The van der Waals surface area contributed by atoms with Gasteiger partial charge < -0.3 is 9.47 Å². The molecule has 0 unspecified atom stereocenters. The van der Waals surface area contributed by atoms with Crippen LogP contribution in [0.2, 0.25) is 5.02 Å². The number of carbonyl (C=O) groups is 1. The van der Waals surface area contributed by atoms with E-state index < -0.39 is 5.82 Å². The van der Waals surface area contributed by atoms with Crippen LogP contribution in [0.15, 0.2) is 42.5 Å². The molecule has 29 heavy (non-hydrogen) atoms. The third-order valence-corrected chi connectivity index (χ3v) is 5.14. The summed E-state index contributed by atoms with van der Waals surface area (Å²) in [5, 5.41) is 0.661. The molecule has 0 aliphatic heterocycles. The molecule has 0 fully saturated rings. The minimum absolute atomic E-state index is 0.182. The van der Waals surface area contributed by atoms with Crippen LogP contribution in [-0.2, 0) is 13.1 Å². The lowest BCUT2D eigenvalue weighted by Gasteiger charge is -2.24. The first-order chi connectivity index (χ1) is 13.9. The lowest BCUT2D eigenvalue weighted by molar-refractivity contribution is 0.0729. The van der Waals surface area contributed by atoms with E-state index in [2.05, 4.69) is 25.3 Å². The van der Waals surface area contributed by atoms with Crippen molar-refractivity contribution in [1.82, 2.24) is 14.5 Å². The molecule has 3 rings (SSSR count). The van der Waals surface area contributed by atoms with Crippen LogP contribution in [0.25, 0.3) is 11.0 Å². The van der Waals surface area contributed by atoms with E-state index in [9.17, 15) is 9.18 Å². The Balaban J connectivity index is 1.96. The van der Waals surface area contributed by atoms with E-state index in [1.807, 2.05) is 18.2 Å². The first-order valence-electron chi connectivity index (χ1n) is 10.1. The van der Waals surface area contributed by atoms with Gasteiger partial charge in [0, 0.05) is 23.7 Å². The van der Waals surface area contributed by atoms with Gasteiger partial charge in [0.05, 0.1) is 17.6 Å². The van der Waals surface area contributed by atoms with E-state index in [0.717, 1.165) is 36.2 Å². The number of aryl methyl sites for hydroxylation is 1. The molecule has 1 aromatic heterocycles. The number of halogens is 2. The van der Waals surface area contributed by atoms with Crippen molar-refractivity contribution in [3.05, 3.63) is 64.7 Å². The zero-order chi connectivity index (χ0) is 21.0. The molecule has 1 heterocycles. The van der Waals surface area contributed by atoms with Crippen molar-refractivity contribution in [2.75, 3.05) is 6.54 Å². The molecule has 0 aliphatic carbocycles. The molecular weight excluding hydrogens is 389 g/mol. The standard InChI is InChI=1S/C23H27ClFN3O/c1-4-11-28-21-14-18(24)8-9-20(21)26-22(28)15-27(12-10-16(2)3)23(29)17-6-5-7-19(25)13-17/h5-9,13-14,16H,4,10-12,15H2,1-3H3. The average molecular weight is 416 g/mol. The molecule has 0 bridgehead atoms. The summed E-state index contributed by atoms with van der Waals surface area (Å²) in [6.07, 6.45) is 1.80. The maximum Gasteiger partial charge on any atom is 0.254 e. The summed E-state index contributed by atoms with van der Waals surface area (Å²) >= 11 is 6.19. The van der Waals surface area contributed by atoms with Crippen molar-refractivity contribution in [1.29, 1.82) is 0 Å². The second-order valence-electron chi connectivity index (χ2n) is 7.73. The van der Waals surface area contributed by atoms with Crippen LogP contribution in [0.1, 0.15) is 49.8 Å². The zero-order valence-corrected chi connectivity index (χ0v) is 17.9. The number of fused-ring (bicyclic) bond motifs is 1. The minimum atomic E-state index is -0.410. The Bertz CT molecular complexity index is 999. The highest BCUT2D eigenvalue weighted by molar-refractivity contribution is 6.31. The van der Waals surface area contributed by atoms with Gasteiger partial charge in [-0.05, 0) is 55.2 Å². The summed E-state index contributed by atoms with van der Waals surface area (Å²) in [5.74, 6) is 0.675. The summed E-state index contributed by atoms with van der Waals surface area (Å²) in [6.45, 7) is 8.10. The van der Waals surface area contributed by atoms with Gasteiger partial charge in [0.2, 0.25) is 0 Å². The van der Waals surface area contributed by atoms with Crippen LogP contribution < -0.4 is 0 Å². The Morgan fingerprint density at radius 3 is 2.72 bits per heavy atom. The Labute approximate surface area is 176 Å². The molecule has 154 valence electrons. The summed E-state index contributed by atoms with van der Waals surface area (Å²) in [5.41, 5.74) is 2.19. The third-order valence-electron chi connectivity index (χ3n) is 4.90. The Morgan fingerprint density at radius 2 is 2.03 bits per heavy atom. The molecule has 0 spiro atoms. The molecule has 3 aromatic rings. The van der Waals surface area contributed by atoms with Crippen molar-refractivity contribution in [2.45, 2.75) is 46.7 Å². The van der Waals surface area contributed by atoms with Crippen LogP contribution in [0.4, 0.5) is 4.39 Å². The smallest absolute Gasteiger partial charge is 0.254 e. The van der Waals surface area contributed by atoms with Gasteiger partial charge in [-0.15, -0.1) is 0 Å². The number of amides is 1. The van der Waals surface area contributed by atoms with Gasteiger partial charge in [-0.25, -0.2) is 9.37 Å². The number of imidazole rings is 1. The van der Waals surface area contributed by atoms with Crippen LogP contribution in [-0.4, -0.2) is 26.9 Å². The number of nitrogens with zero attached hydrogens (tertiary/aromatic N) is 3. The molecule has 0 saturated carbocycles. The number of benzene rings is 2. The topological polar surface area (TPSA) is 38.1 Å². The summed E-state index contributed by atoms with van der Waals surface area (Å²) in [6, 6.07) is 11.5. The molecule has 0 saturated heterocycles. The molecule has 0 aliphatic rings. The van der Waals surface area contributed by atoms with Gasteiger partial charge >= 0.3 is 0 Å². The van der Waals surface area contributed by atoms with Crippen LogP contribution in [0.3, 0.4) is 0 Å². The fourth-order valence-electron chi connectivity index (χ4n) is 3.38. The normalized spacial score (nSPS) is 11.4. The van der Waals surface area contributed by atoms with Gasteiger partial charge in [0.15, 0.2) is 0 Å². The predicted molar refractivity (Wildman–Crippen MR) is 116 cm³/mol. The Morgan fingerprint density at radius 1 is 1.24 bits per heavy atom. The molecule has 2 aromatic carbocycles. The molecule has 0 atom stereocenters. The van der Waals surface area contributed by atoms with Gasteiger partial charge in [-0.3, -0.25) is 4.79 Å². The van der Waals surface area contributed by atoms with Crippen molar-refractivity contribution < 1.29 is 9.18 Å². The van der Waals surface area contributed by atoms with Crippen molar-refractivity contribution in [3.8, 4) is 0 Å². The second-order valence-corrected chi connectivity index (χ2v) is 8.17. The Kier molecular flexibility index (Phi) is 6.91. The highest BCUT2D eigenvalue weighted by Gasteiger charge is 2.20. The third kappa shape index (κ3) is 5.15. The van der Waals surface area contributed by atoms with E-state index in [0.29, 0.717) is 29.6 Å². The SMILES string of the molecule is CCCn1c(CN(CCC(C)C)C(=O)c2cccc(F)c2)nc2ccc(Cl)cc21. The second kappa shape index (κ2) is 9.40. The lowest BCUT2D eigenvalue weighted by Crippen LogP contribution is -2.33. The average Bonchev–Trinajstić information content (AvgIpc) is 3.01. The first-order valence-corrected chi connectivity index (χ1v) is 10.5. The van der Waals surface area contributed by atoms with E-state index >= 15 is 0 Å². The number of aromatic nitrogens is 2. The fraction of sp³-hybridized carbons (Fsp3) is 0.391. The summed E-state index contributed by atoms with van der Waals surface area (Å²) in [7, 11) is 0. The molecule has 0 radical (unpaired) electrons. The quantitative estimate of drug-likeness (QED) is 0.457. The number of carbonyl (C=O) groups excluding carboxylic acids is 1. The van der Waals surface area contributed by atoms with E-state index in [4.69, 9.17) is 16.6 Å². The van der Waals surface area contributed by atoms with Crippen LogP contribution >= 0.6 is 11.6 Å². The predicted octanol–water partition coefficient (Wildman–Crippen LogP) is 5.93. The van der Waals surface area contributed by atoms with Crippen LogP contribution in [0.5, 0.6) is 0 Å². The molecule has 4 nitrogen and oxygen atoms in total. The largest absolute Gasteiger partial charge is 0.331 e. The minimum Gasteiger partial charge on any atom is -0.331 e. The number of hydrogen-bond acceptors (Lipinski definition) is 2. The maximum absolute atomic E-state index is 13.7. The molecule has 0 N–H and O–H groups in total. The van der Waals surface area contributed by atoms with Gasteiger partial charge in [-0.2, -0.15) is 0 Å². The summed E-state index contributed by atoms with van der Waals surface area (Å²) < 4.78 is 15.8. The highest BCUT2D eigenvalue weighted by Crippen LogP contribution is 2.23. The number of hydrogen-bond donors (Lipinski definition) is 0. The van der Waals surface area contributed by atoms with Gasteiger partial charge in [-0.1, -0.05) is 38.4 Å². The highest BCUT2D eigenvalue weighted by atomic mass is 35.5. The van der Waals surface area contributed by atoms with Crippen molar-refractivity contribution in [2.24, 2.45) is 5.92 Å².